The summed E-state index contributed by atoms with van der Waals surface area (Å²) >= 11 is 0. The van der Waals surface area contributed by atoms with Gasteiger partial charge in [-0.15, -0.1) is 0 Å². The molecule has 0 bridgehead atoms. The topological polar surface area (TPSA) is 80.4 Å². The Morgan fingerprint density at radius 1 is 1.47 bits per heavy atom. The van der Waals surface area contributed by atoms with Gasteiger partial charge in [0.2, 0.25) is 5.91 Å². The molecule has 3 N–H and O–H groups in total. The van der Waals surface area contributed by atoms with Crippen LogP contribution in [0.25, 0.3) is 0 Å². The van der Waals surface area contributed by atoms with Gasteiger partial charge in [0.15, 0.2) is 0 Å². The zero-order valence-corrected chi connectivity index (χ0v) is 9.27. The molecular formula is C13H13NO3. The lowest BCUT2D eigenvalue weighted by molar-refractivity contribution is -0.117. The summed E-state index contributed by atoms with van der Waals surface area (Å²) in [4.78, 5) is 21.5. The second-order valence-electron chi connectivity index (χ2n) is 3.45. The van der Waals surface area contributed by atoms with E-state index in [2.05, 4.69) is 11.8 Å². The molecule has 0 radical (unpaired) electrons. The molecule has 0 aliphatic rings. The maximum atomic E-state index is 10.9. The van der Waals surface area contributed by atoms with Gasteiger partial charge in [-0.2, -0.15) is 0 Å². The Bertz CT molecular complexity index is 483. The van der Waals surface area contributed by atoms with Crippen molar-refractivity contribution in [3.05, 3.63) is 34.9 Å². The molecule has 88 valence electrons. The highest BCUT2D eigenvalue weighted by atomic mass is 16.2. The van der Waals surface area contributed by atoms with Crippen molar-refractivity contribution in [2.75, 3.05) is 6.61 Å². The molecule has 1 aromatic carbocycles. The van der Waals surface area contributed by atoms with E-state index in [4.69, 9.17) is 10.8 Å². The van der Waals surface area contributed by atoms with E-state index in [-0.39, 0.29) is 13.0 Å². The minimum atomic E-state index is -0.450. The maximum Gasteiger partial charge on any atom is 0.221 e. The minimum Gasteiger partial charge on any atom is -0.395 e. The second kappa shape index (κ2) is 6.46. The highest BCUT2D eigenvalue weighted by molar-refractivity contribution is 5.79. The Labute approximate surface area is 99.4 Å². The number of benzene rings is 1. The number of nitrogens with two attached hydrogens (primary N) is 1. The Morgan fingerprint density at radius 2 is 2.24 bits per heavy atom. The fraction of sp³-hybridized carbons (Fsp3) is 0.231. The van der Waals surface area contributed by atoms with Crippen molar-refractivity contribution in [1.29, 1.82) is 0 Å². The molecule has 0 spiro atoms. The van der Waals surface area contributed by atoms with Crippen molar-refractivity contribution < 1.29 is 14.7 Å². The molecule has 0 saturated carbocycles. The normalized spacial score (nSPS) is 9.24. The summed E-state index contributed by atoms with van der Waals surface area (Å²) in [5.41, 5.74) is 6.90. The predicted molar refractivity (Wildman–Crippen MR) is 63.3 cm³/mol. The van der Waals surface area contributed by atoms with Crippen LogP contribution in [0.3, 0.4) is 0 Å². The van der Waals surface area contributed by atoms with Gasteiger partial charge in [-0.1, -0.05) is 24.0 Å². The maximum absolute atomic E-state index is 10.9. The molecule has 0 heterocycles. The van der Waals surface area contributed by atoms with Crippen LogP contribution < -0.4 is 5.73 Å². The summed E-state index contributed by atoms with van der Waals surface area (Å²) in [6.45, 7) is -0.0223. The van der Waals surface area contributed by atoms with Crippen LogP contribution in [0, 0.1) is 11.8 Å². The first-order valence-corrected chi connectivity index (χ1v) is 5.13. The number of hydrogen-bond donors (Lipinski definition) is 2. The highest BCUT2D eigenvalue weighted by Crippen LogP contribution is 2.11. The first-order chi connectivity index (χ1) is 8.17. The van der Waals surface area contributed by atoms with Crippen molar-refractivity contribution in [2.24, 2.45) is 5.73 Å². The van der Waals surface area contributed by atoms with Gasteiger partial charge in [0.25, 0.3) is 0 Å². The molecular weight excluding hydrogens is 218 g/mol. The van der Waals surface area contributed by atoms with E-state index in [1.807, 2.05) is 0 Å². The van der Waals surface area contributed by atoms with E-state index >= 15 is 0 Å². The highest BCUT2D eigenvalue weighted by Gasteiger charge is 2.04. The zero-order chi connectivity index (χ0) is 12.7. The van der Waals surface area contributed by atoms with Crippen LogP contribution in [0.15, 0.2) is 18.2 Å². The summed E-state index contributed by atoms with van der Waals surface area (Å²) in [5.74, 6) is 5.12. The third-order valence-corrected chi connectivity index (χ3v) is 2.09. The van der Waals surface area contributed by atoms with Gasteiger partial charge < -0.3 is 10.8 Å². The van der Waals surface area contributed by atoms with Gasteiger partial charge >= 0.3 is 0 Å². The Hall–Kier alpha value is -2.12. The first-order valence-electron chi connectivity index (χ1n) is 5.13. The number of aliphatic hydroxyl groups is 1. The average Bonchev–Trinajstić information content (AvgIpc) is 2.30. The predicted octanol–water partition coefficient (Wildman–Crippen LogP) is 0.261. The largest absolute Gasteiger partial charge is 0.395 e. The minimum absolute atomic E-state index is 0.0223. The molecule has 4 heteroatoms. The van der Waals surface area contributed by atoms with E-state index in [0.29, 0.717) is 29.4 Å². The molecule has 0 aliphatic carbocycles. The molecule has 1 amide bonds. The number of primary amides is 1. The lowest BCUT2D eigenvalue weighted by Crippen LogP contribution is -2.14. The summed E-state index contributed by atoms with van der Waals surface area (Å²) in [5, 5.41) is 8.63. The lowest BCUT2D eigenvalue weighted by Gasteiger charge is -2.02. The van der Waals surface area contributed by atoms with Crippen LogP contribution >= 0.6 is 0 Å². The molecule has 1 aromatic rings. The molecule has 0 saturated heterocycles. The van der Waals surface area contributed by atoms with Gasteiger partial charge in [0.1, 0.15) is 6.29 Å². The fourth-order valence-corrected chi connectivity index (χ4v) is 1.34. The molecule has 0 unspecified atom stereocenters. The first kappa shape index (κ1) is 12.9. The van der Waals surface area contributed by atoms with Crippen molar-refractivity contribution >= 4 is 12.2 Å². The number of hydrogen-bond acceptors (Lipinski definition) is 3. The molecule has 0 aliphatic heterocycles. The molecule has 0 fully saturated rings. The number of carbonyl (C=O) groups excluding carboxylic acids is 2. The van der Waals surface area contributed by atoms with E-state index in [0.717, 1.165) is 0 Å². The smallest absolute Gasteiger partial charge is 0.221 e. The van der Waals surface area contributed by atoms with Crippen molar-refractivity contribution in [1.82, 2.24) is 0 Å². The van der Waals surface area contributed by atoms with Gasteiger partial charge in [0, 0.05) is 17.5 Å². The number of aliphatic hydroxyl groups excluding tert-OH is 1. The number of aldehydes is 1. The van der Waals surface area contributed by atoms with Gasteiger partial charge in [-0.3, -0.25) is 9.59 Å². The van der Waals surface area contributed by atoms with Crippen molar-refractivity contribution in [2.45, 2.75) is 12.8 Å². The van der Waals surface area contributed by atoms with E-state index in [1.54, 1.807) is 18.2 Å². The summed E-state index contributed by atoms with van der Waals surface area (Å²) < 4.78 is 0. The summed E-state index contributed by atoms with van der Waals surface area (Å²) in [6.07, 6.45) is 1.15. The lowest BCUT2D eigenvalue weighted by atomic mass is 10.0. The molecule has 1 rings (SSSR count). The molecule has 0 aromatic heterocycles. The Kier molecular flexibility index (Phi) is 4.92. The number of carbonyl (C=O) groups is 2. The van der Waals surface area contributed by atoms with Gasteiger partial charge in [0.05, 0.1) is 13.0 Å². The van der Waals surface area contributed by atoms with Crippen LogP contribution in [-0.4, -0.2) is 23.9 Å². The summed E-state index contributed by atoms with van der Waals surface area (Å²) in [7, 11) is 0. The van der Waals surface area contributed by atoms with Crippen molar-refractivity contribution in [3.8, 4) is 11.8 Å². The molecule has 4 nitrogen and oxygen atoms in total. The number of amides is 1. The van der Waals surface area contributed by atoms with Gasteiger partial charge in [-0.25, -0.2) is 0 Å². The third-order valence-electron chi connectivity index (χ3n) is 2.09. The van der Waals surface area contributed by atoms with E-state index < -0.39 is 5.91 Å². The third kappa shape index (κ3) is 4.09. The fourth-order valence-electron chi connectivity index (χ4n) is 1.34. The van der Waals surface area contributed by atoms with Crippen LogP contribution in [-0.2, 0) is 11.2 Å². The SMILES string of the molecule is NC(=O)Cc1ccc(C=O)cc1C#CCCO. The summed E-state index contributed by atoms with van der Waals surface area (Å²) in [6, 6.07) is 4.88. The van der Waals surface area contributed by atoms with Crippen LogP contribution in [0.5, 0.6) is 0 Å². The van der Waals surface area contributed by atoms with Crippen molar-refractivity contribution in [3.63, 3.8) is 0 Å². The number of rotatable bonds is 4. The Balaban J connectivity index is 3.07. The Morgan fingerprint density at radius 3 is 2.82 bits per heavy atom. The van der Waals surface area contributed by atoms with Crippen LogP contribution in [0.4, 0.5) is 0 Å². The van der Waals surface area contributed by atoms with Crippen LogP contribution in [0.2, 0.25) is 0 Å². The van der Waals surface area contributed by atoms with E-state index in [1.165, 1.54) is 0 Å². The van der Waals surface area contributed by atoms with Crippen LogP contribution in [0.1, 0.15) is 27.9 Å². The monoisotopic (exact) mass is 231 g/mol. The average molecular weight is 231 g/mol. The quantitative estimate of drug-likeness (QED) is 0.576. The second-order valence-corrected chi connectivity index (χ2v) is 3.45. The van der Waals surface area contributed by atoms with Gasteiger partial charge in [-0.05, 0) is 11.6 Å². The zero-order valence-electron chi connectivity index (χ0n) is 9.27. The standard InChI is InChI=1S/C13H13NO3/c14-13(17)8-12-5-4-10(9-16)7-11(12)3-1-2-6-15/h4-5,7,9,15H,2,6,8H2,(H2,14,17). The van der Waals surface area contributed by atoms with E-state index in [9.17, 15) is 9.59 Å². The molecule has 17 heavy (non-hydrogen) atoms. The molecule has 0 atom stereocenters.